The van der Waals surface area contributed by atoms with Gasteiger partial charge in [0, 0.05) is 11.8 Å². The molecule has 2 aromatic rings. The zero-order valence-corrected chi connectivity index (χ0v) is 13.9. The molecule has 1 aliphatic heterocycles. The molecule has 1 aromatic heterocycles. The van der Waals surface area contributed by atoms with Crippen molar-refractivity contribution in [3.63, 3.8) is 0 Å². The predicted octanol–water partition coefficient (Wildman–Crippen LogP) is -0.679. The van der Waals surface area contributed by atoms with E-state index in [-0.39, 0.29) is 12.2 Å². The van der Waals surface area contributed by atoms with Gasteiger partial charge in [-0.15, -0.1) is 0 Å². The molecule has 138 valence electrons. The largest absolute Gasteiger partial charge is 0.459 e. The van der Waals surface area contributed by atoms with Gasteiger partial charge in [0.05, 0.1) is 5.56 Å². The number of rotatable bonds is 4. The van der Waals surface area contributed by atoms with Crippen molar-refractivity contribution in [3.8, 4) is 0 Å². The number of aliphatic hydroxyl groups excluding tert-OH is 2. The Hall–Kier alpha value is -2.75. The van der Waals surface area contributed by atoms with Gasteiger partial charge < -0.3 is 19.7 Å². The van der Waals surface area contributed by atoms with Gasteiger partial charge in [-0.1, -0.05) is 18.2 Å². The molecule has 0 saturated carbocycles. The van der Waals surface area contributed by atoms with Crippen LogP contribution in [-0.4, -0.2) is 50.7 Å². The van der Waals surface area contributed by atoms with Gasteiger partial charge in [0.25, 0.3) is 5.56 Å². The van der Waals surface area contributed by atoms with Gasteiger partial charge in [0.2, 0.25) is 0 Å². The van der Waals surface area contributed by atoms with Crippen LogP contribution in [-0.2, 0) is 9.47 Å². The Balaban J connectivity index is 1.72. The number of aromatic nitrogens is 2. The predicted molar refractivity (Wildman–Crippen MR) is 88.7 cm³/mol. The number of nitrogens with one attached hydrogen (secondary N) is 1. The summed E-state index contributed by atoms with van der Waals surface area (Å²) in [5.41, 5.74) is -0.746. The van der Waals surface area contributed by atoms with Gasteiger partial charge in [-0.3, -0.25) is 14.3 Å². The molecule has 1 saturated heterocycles. The lowest BCUT2D eigenvalue weighted by atomic mass is 10.1. The number of H-pyrrole nitrogens is 1. The number of esters is 1. The van der Waals surface area contributed by atoms with Crippen molar-refractivity contribution < 1.29 is 24.5 Å². The molecule has 3 N–H and O–H groups in total. The van der Waals surface area contributed by atoms with Gasteiger partial charge in [-0.05, 0) is 19.1 Å². The van der Waals surface area contributed by atoms with E-state index >= 15 is 0 Å². The second kappa shape index (κ2) is 7.24. The van der Waals surface area contributed by atoms with Crippen LogP contribution in [0.5, 0.6) is 0 Å². The van der Waals surface area contributed by atoms with Crippen molar-refractivity contribution in [2.45, 2.75) is 31.5 Å². The number of aromatic amines is 1. The van der Waals surface area contributed by atoms with Crippen LogP contribution < -0.4 is 11.2 Å². The van der Waals surface area contributed by atoms with Crippen LogP contribution in [0.25, 0.3) is 0 Å². The van der Waals surface area contributed by atoms with E-state index in [1.54, 1.807) is 30.3 Å². The number of carbonyl (C=O) groups excluding carboxylic acids is 1. The van der Waals surface area contributed by atoms with Crippen molar-refractivity contribution >= 4 is 5.97 Å². The Bertz CT molecular complexity index is 905. The Morgan fingerprint density at radius 2 is 1.92 bits per heavy atom. The van der Waals surface area contributed by atoms with Crippen molar-refractivity contribution in [2.75, 3.05) is 6.61 Å². The number of carbonyl (C=O) groups is 1. The number of aliphatic hydroxyl groups is 2. The number of ether oxygens (including phenoxy) is 2. The fourth-order valence-corrected chi connectivity index (χ4v) is 2.69. The highest BCUT2D eigenvalue weighted by Crippen LogP contribution is 2.28. The summed E-state index contributed by atoms with van der Waals surface area (Å²) in [6, 6.07) is 8.28. The van der Waals surface area contributed by atoms with Crippen LogP contribution in [0.15, 0.2) is 46.1 Å². The molecule has 1 aliphatic rings. The maximum absolute atomic E-state index is 12.0. The number of hydrogen-bond donors (Lipinski definition) is 3. The van der Waals surface area contributed by atoms with Gasteiger partial charge in [0.15, 0.2) is 6.23 Å². The minimum absolute atomic E-state index is 0.244. The molecule has 9 nitrogen and oxygen atoms in total. The average molecular weight is 362 g/mol. The van der Waals surface area contributed by atoms with Crippen LogP contribution in [0.1, 0.15) is 22.1 Å². The minimum atomic E-state index is -1.43. The molecule has 4 atom stereocenters. The van der Waals surface area contributed by atoms with Crippen molar-refractivity contribution in [3.05, 3.63) is 68.5 Å². The molecule has 9 heteroatoms. The van der Waals surface area contributed by atoms with E-state index < -0.39 is 41.8 Å². The Morgan fingerprint density at radius 1 is 1.23 bits per heavy atom. The van der Waals surface area contributed by atoms with Crippen molar-refractivity contribution in [1.29, 1.82) is 0 Å². The van der Waals surface area contributed by atoms with Gasteiger partial charge >= 0.3 is 11.7 Å². The van der Waals surface area contributed by atoms with Crippen LogP contribution in [0, 0.1) is 6.92 Å². The van der Waals surface area contributed by atoms with Crippen molar-refractivity contribution in [2.24, 2.45) is 0 Å². The summed E-state index contributed by atoms with van der Waals surface area (Å²) < 4.78 is 11.6. The molecule has 0 amide bonds. The van der Waals surface area contributed by atoms with Crippen molar-refractivity contribution in [1.82, 2.24) is 9.55 Å². The third-order valence-corrected chi connectivity index (χ3v) is 4.15. The van der Waals surface area contributed by atoms with E-state index in [2.05, 4.69) is 4.98 Å². The smallest absolute Gasteiger partial charge is 0.338 e. The first kappa shape index (κ1) is 18.1. The van der Waals surface area contributed by atoms with E-state index in [9.17, 15) is 24.6 Å². The maximum Gasteiger partial charge on any atom is 0.338 e. The van der Waals surface area contributed by atoms with Gasteiger partial charge in [0.1, 0.15) is 24.9 Å². The Labute approximate surface area is 147 Å². The minimum Gasteiger partial charge on any atom is -0.459 e. The third-order valence-electron chi connectivity index (χ3n) is 4.15. The lowest BCUT2D eigenvalue weighted by Gasteiger charge is -2.17. The van der Waals surface area contributed by atoms with Gasteiger partial charge in [-0.25, -0.2) is 9.59 Å². The summed E-state index contributed by atoms with van der Waals surface area (Å²) in [6.45, 7) is 1.19. The van der Waals surface area contributed by atoms with E-state index in [1.807, 2.05) is 0 Å². The highest BCUT2D eigenvalue weighted by Gasteiger charge is 2.44. The van der Waals surface area contributed by atoms with Crippen LogP contribution in [0.2, 0.25) is 0 Å². The second-order valence-corrected chi connectivity index (χ2v) is 5.99. The first-order valence-electron chi connectivity index (χ1n) is 7.94. The quantitative estimate of drug-likeness (QED) is 0.614. The second-order valence-electron chi connectivity index (χ2n) is 5.99. The van der Waals surface area contributed by atoms with E-state index in [0.717, 1.165) is 4.57 Å². The maximum atomic E-state index is 12.0. The molecule has 0 spiro atoms. The first-order chi connectivity index (χ1) is 12.4. The standard InChI is InChI=1S/C17H18N2O7/c1-9-7-19(17(24)18-14(9)22)15-13(21)12(20)11(26-15)8-25-16(23)10-5-3-2-4-6-10/h2-7,11-13,15,20-21H,8H2,1H3,(H,18,22,24)/t11-,12?,13?,15-/m0/s1. The Kier molecular flexibility index (Phi) is 5.03. The fourth-order valence-electron chi connectivity index (χ4n) is 2.69. The number of aryl methyl sites for hydroxylation is 1. The lowest BCUT2D eigenvalue weighted by molar-refractivity contribution is -0.0599. The average Bonchev–Trinajstić information content (AvgIpc) is 2.91. The molecular formula is C17H18N2O7. The molecule has 1 fully saturated rings. The first-order valence-corrected chi connectivity index (χ1v) is 7.94. The van der Waals surface area contributed by atoms with Crippen LogP contribution >= 0.6 is 0 Å². The van der Waals surface area contributed by atoms with E-state index in [1.165, 1.54) is 13.1 Å². The summed E-state index contributed by atoms with van der Waals surface area (Å²) in [7, 11) is 0. The Morgan fingerprint density at radius 3 is 2.62 bits per heavy atom. The SMILES string of the molecule is Cc1cn([C@H]2O[C@@H](COC(=O)c3ccccc3)C(O)C2O)c(=O)[nH]c1=O. The number of nitrogens with zero attached hydrogens (tertiary/aromatic N) is 1. The summed E-state index contributed by atoms with van der Waals surface area (Å²) in [4.78, 5) is 37.4. The van der Waals surface area contributed by atoms with Crippen LogP contribution in [0.3, 0.4) is 0 Å². The molecule has 3 rings (SSSR count). The zero-order valence-electron chi connectivity index (χ0n) is 13.9. The summed E-state index contributed by atoms with van der Waals surface area (Å²) in [6.07, 6.45) is -3.81. The van der Waals surface area contributed by atoms with E-state index in [0.29, 0.717) is 5.56 Å². The molecule has 0 radical (unpaired) electrons. The highest BCUT2D eigenvalue weighted by molar-refractivity contribution is 5.89. The molecule has 0 aliphatic carbocycles. The van der Waals surface area contributed by atoms with E-state index in [4.69, 9.17) is 9.47 Å². The molecule has 26 heavy (non-hydrogen) atoms. The number of benzene rings is 1. The molecule has 1 aromatic carbocycles. The summed E-state index contributed by atoms with van der Waals surface area (Å²) >= 11 is 0. The highest BCUT2D eigenvalue weighted by atomic mass is 16.6. The number of hydrogen-bond acceptors (Lipinski definition) is 7. The molecule has 2 unspecified atom stereocenters. The fraction of sp³-hybridized carbons (Fsp3) is 0.353. The normalized spacial score (nSPS) is 25.2. The summed E-state index contributed by atoms with van der Waals surface area (Å²) in [5, 5.41) is 20.3. The van der Waals surface area contributed by atoms with Crippen LogP contribution in [0.4, 0.5) is 0 Å². The zero-order chi connectivity index (χ0) is 18.8. The van der Waals surface area contributed by atoms with Gasteiger partial charge in [-0.2, -0.15) is 0 Å². The monoisotopic (exact) mass is 362 g/mol. The topological polar surface area (TPSA) is 131 Å². The third kappa shape index (κ3) is 3.45. The lowest BCUT2D eigenvalue weighted by Crippen LogP contribution is -2.38. The molecule has 2 heterocycles. The summed E-state index contributed by atoms with van der Waals surface area (Å²) in [5.74, 6) is -0.601. The molecular weight excluding hydrogens is 344 g/mol. The molecule has 0 bridgehead atoms.